The zero-order chi connectivity index (χ0) is 20.4. The molecule has 1 aromatic heterocycles. The van der Waals surface area contributed by atoms with Crippen molar-refractivity contribution in [2.45, 2.75) is 19.9 Å². The van der Waals surface area contributed by atoms with Gasteiger partial charge in [0.15, 0.2) is 0 Å². The van der Waals surface area contributed by atoms with Crippen LogP contribution in [0.3, 0.4) is 0 Å². The summed E-state index contributed by atoms with van der Waals surface area (Å²) < 4.78 is 5.35. The number of ether oxygens (including phenoxy) is 1. The van der Waals surface area contributed by atoms with Crippen LogP contribution in [0.1, 0.15) is 34.6 Å². The normalized spacial score (nSPS) is 16.0. The van der Waals surface area contributed by atoms with E-state index in [1.165, 1.54) is 5.56 Å². The Labute approximate surface area is 171 Å². The molecule has 2 heterocycles. The molecule has 0 radical (unpaired) electrons. The van der Waals surface area contributed by atoms with Gasteiger partial charge in [-0.15, -0.1) is 0 Å². The third-order valence-electron chi connectivity index (χ3n) is 5.87. The monoisotopic (exact) mass is 389 g/mol. The van der Waals surface area contributed by atoms with E-state index in [0.717, 1.165) is 48.5 Å². The largest absolute Gasteiger partial charge is 0.497 e. The quantitative estimate of drug-likeness (QED) is 0.675. The van der Waals surface area contributed by atoms with Gasteiger partial charge >= 0.3 is 0 Å². The highest BCUT2D eigenvalue weighted by Gasteiger charge is 2.26. The molecule has 1 fully saturated rings. The first-order valence-corrected chi connectivity index (χ1v) is 10.1. The zero-order valence-corrected chi connectivity index (χ0v) is 17.3. The van der Waals surface area contributed by atoms with Crippen molar-refractivity contribution in [1.29, 1.82) is 0 Å². The highest BCUT2D eigenvalue weighted by atomic mass is 16.5. The number of para-hydroxylation sites is 1. The smallest absolute Gasteiger partial charge is 0.255 e. The second kappa shape index (κ2) is 8.21. The van der Waals surface area contributed by atoms with E-state index in [1.54, 1.807) is 7.11 Å². The summed E-state index contributed by atoms with van der Waals surface area (Å²) in [5, 5.41) is 1.01. The molecule has 0 N–H and O–H groups in total. The zero-order valence-electron chi connectivity index (χ0n) is 17.3. The van der Waals surface area contributed by atoms with Crippen molar-refractivity contribution in [2.75, 3.05) is 33.3 Å². The lowest BCUT2D eigenvalue weighted by Gasteiger charge is -2.38. The first-order chi connectivity index (χ1) is 14.1. The Hall–Kier alpha value is -2.92. The number of amides is 1. The minimum Gasteiger partial charge on any atom is -0.497 e. The summed E-state index contributed by atoms with van der Waals surface area (Å²) in [7, 11) is 1.69. The summed E-state index contributed by atoms with van der Waals surface area (Å²) in [4.78, 5) is 22.1. The van der Waals surface area contributed by atoms with Gasteiger partial charge in [0.05, 0.1) is 23.9 Å². The lowest BCUT2D eigenvalue weighted by atomic mass is 10.0. The number of hydrogen-bond donors (Lipinski definition) is 0. The molecule has 5 heteroatoms. The van der Waals surface area contributed by atoms with E-state index in [-0.39, 0.29) is 11.9 Å². The molecule has 0 aliphatic carbocycles. The topological polar surface area (TPSA) is 45.7 Å². The number of fused-ring (bicyclic) bond motifs is 1. The number of rotatable bonds is 4. The number of hydrogen-bond acceptors (Lipinski definition) is 4. The summed E-state index contributed by atoms with van der Waals surface area (Å²) in [6.45, 7) is 7.28. The number of carbonyl (C=O) groups excluding carboxylic acids is 1. The van der Waals surface area contributed by atoms with Gasteiger partial charge < -0.3 is 9.64 Å². The minimum absolute atomic E-state index is 0.0782. The molecule has 1 amide bonds. The van der Waals surface area contributed by atoms with Crippen molar-refractivity contribution >= 4 is 16.8 Å². The fourth-order valence-electron chi connectivity index (χ4n) is 4.02. The van der Waals surface area contributed by atoms with Crippen molar-refractivity contribution in [1.82, 2.24) is 14.8 Å². The first kappa shape index (κ1) is 19.4. The van der Waals surface area contributed by atoms with E-state index < -0.39 is 0 Å². The van der Waals surface area contributed by atoms with E-state index in [4.69, 9.17) is 4.74 Å². The van der Waals surface area contributed by atoms with Gasteiger partial charge in [0, 0.05) is 37.6 Å². The summed E-state index contributed by atoms with van der Waals surface area (Å²) in [5.41, 5.74) is 3.66. The number of pyridine rings is 1. The summed E-state index contributed by atoms with van der Waals surface area (Å²) >= 11 is 0. The van der Waals surface area contributed by atoms with E-state index >= 15 is 0 Å². The highest BCUT2D eigenvalue weighted by molar-refractivity contribution is 5.98. The average Bonchev–Trinajstić information content (AvgIpc) is 2.77. The van der Waals surface area contributed by atoms with Crippen molar-refractivity contribution in [2.24, 2.45) is 0 Å². The molecule has 1 aliphatic rings. The van der Waals surface area contributed by atoms with Crippen molar-refractivity contribution in [3.8, 4) is 5.75 Å². The Morgan fingerprint density at radius 2 is 1.79 bits per heavy atom. The Balaban J connectivity index is 1.45. The third kappa shape index (κ3) is 3.96. The van der Waals surface area contributed by atoms with Gasteiger partial charge in [0.2, 0.25) is 0 Å². The molecule has 0 bridgehead atoms. The number of nitrogens with zero attached hydrogens (tertiary/aromatic N) is 3. The third-order valence-corrected chi connectivity index (χ3v) is 5.87. The lowest BCUT2D eigenvalue weighted by molar-refractivity contribution is 0.0581. The van der Waals surface area contributed by atoms with Gasteiger partial charge in [-0.05, 0) is 43.7 Å². The van der Waals surface area contributed by atoms with Gasteiger partial charge in [-0.1, -0.05) is 30.3 Å². The lowest BCUT2D eigenvalue weighted by Crippen LogP contribution is -2.49. The van der Waals surface area contributed by atoms with Crippen LogP contribution in [-0.4, -0.2) is 54.0 Å². The Morgan fingerprint density at radius 1 is 1.03 bits per heavy atom. The van der Waals surface area contributed by atoms with Crippen LogP contribution in [0, 0.1) is 6.92 Å². The predicted octanol–water partition coefficient (Wildman–Crippen LogP) is 4.07. The van der Waals surface area contributed by atoms with E-state index in [0.29, 0.717) is 5.56 Å². The Kier molecular flexibility index (Phi) is 5.49. The second-order valence-electron chi connectivity index (χ2n) is 7.59. The molecule has 1 atom stereocenters. The molecule has 0 saturated carbocycles. The van der Waals surface area contributed by atoms with Crippen molar-refractivity contribution < 1.29 is 9.53 Å². The van der Waals surface area contributed by atoms with Gasteiger partial charge in [-0.2, -0.15) is 0 Å². The summed E-state index contributed by atoms with van der Waals surface area (Å²) in [5.74, 6) is 0.955. The SMILES string of the molecule is COc1cccc(C(C)N2CCN(C(=O)c3cc4ccccc4nc3C)CC2)c1. The molecule has 0 spiro atoms. The molecule has 1 aliphatic heterocycles. The van der Waals surface area contributed by atoms with Crippen LogP contribution >= 0.6 is 0 Å². The average molecular weight is 389 g/mol. The fraction of sp³-hybridized carbons (Fsp3) is 0.333. The van der Waals surface area contributed by atoms with E-state index in [1.807, 2.05) is 54.3 Å². The fourth-order valence-corrected chi connectivity index (χ4v) is 4.02. The standard InChI is InChI=1S/C24H27N3O2/c1-17-22(16-20-7-4-5-10-23(20)25-17)24(28)27-13-11-26(12-14-27)18(2)19-8-6-9-21(15-19)29-3/h4-10,15-16,18H,11-14H2,1-3H3. The number of benzene rings is 2. The van der Waals surface area contributed by atoms with Crippen LogP contribution in [0.2, 0.25) is 0 Å². The molecule has 29 heavy (non-hydrogen) atoms. The van der Waals surface area contributed by atoms with Gasteiger partial charge in [0.1, 0.15) is 5.75 Å². The summed E-state index contributed by atoms with van der Waals surface area (Å²) in [6.07, 6.45) is 0. The van der Waals surface area contributed by atoms with Crippen LogP contribution in [0.15, 0.2) is 54.6 Å². The molecular weight excluding hydrogens is 362 g/mol. The molecule has 2 aromatic carbocycles. The first-order valence-electron chi connectivity index (χ1n) is 10.1. The molecule has 1 unspecified atom stereocenters. The van der Waals surface area contributed by atoms with E-state index in [2.05, 4.69) is 28.9 Å². The molecule has 4 rings (SSSR count). The number of piperazine rings is 1. The molecule has 5 nitrogen and oxygen atoms in total. The second-order valence-corrected chi connectivity index (χ2v) is 7.59. The predicted molar refractivity (Wildman–Crippen MR) is 115 cm³/mol. The number of aromatic nitrogens is 1. The van der Waals surface area contributed by atoms with Crippen LogP contribution in [-0.2, 0) is 0 Å². The maximum absolute atomic E-state index is 13.1. The van der Waals surface area contributed by atoms with Crippen LogP contribution in [0.4, 0.5) is 0 Å². The maximum Gasteiger partial charge on any atom is 0.255 e. The van der Waals surface area contributed by atoms with Crippen LogP contribution < -0.4 is 4.74 Å². The Bertz CT molecular complexity index is 1030. The number of aryl methyl sites for hydroxylation is 1. The van der Waals surface area contributed by atoms with Crippen LogP contribution in [0.5, 0.6) is 5.75 Å². The van der Waals surface area contributed by atoms with Gasteiger partial charge in [0.25, 0.3) is 5.91 Å². The highest BCUT2D eigenvalue weighted by Crippen LogP contribution is 2.25. The molecular formula is C24H27N3O2. The van der Waals surface area contributed by atoms with E-state index in [9.17, 15) is 4.79 Å². The van der Waals surface area contributed by atoms with Gasteiger partial charge in [-0.25, -0.2) is 0 Å². The maximum atomic E-state index is 13.1. The molecule has 3 aromatic rings. The minimum atomic E-state index is 0.0782. The van der Waals surface area contributed by atoms with Crippen LogP contribution in [0.25, 0.3) is 10.9 Å². The van der Waals surface area contributed by atoms with Crippen molar-refractivity contribution in [3.05, 3.63) is 71.4 Å². The number of carbonyl (C=O) groups is 1. The number of methoxy groups -OCH3 is 1. The van der Waals surface area contributed by atoms with Gasteiger partial charge in [-0.3, -0.25) is 14.7 Å². The molecule has 150 valence electrons. The molecule has 1 saturated heterocycles. The van der Waals surface area contributed by atoms with Crippen molar-refractivity contribution in [3.63, 3.8) is 0 Å². The summed E-state index contributed by atoms with van der Waals surface area (Å²) in [6, 6.07) is 18.4. The Morgan fingerprint density at radius 3 is 2.55 bits per heavy atom.